The number of aliphatic imine (C=N–C) groups is 1. The van der Waals surface area contributed by atoms with Crippen LogP contribution in [0.25, 0.3) is 0 Å². The molecule has 2 aromatic rings. The third-order valence-electron chi connectivity index (χ3n) is 5.50. The molecule has 1 N–H and O–H groups in total. The van der Waals surface area contributed by atoms with Gasteiger partial charge in [-0.15, -0.1) is 24.0 Å². The minimum atomic E-state index is 0. The summed E-state index contributed by atoms with van der Waals surface area (Å²) in [6.07, 6.45) is 2.00. The Bertz CT molecular complexity index is 830. The molecule has 1 fully saturated rings. The molecule has 1 aliphatic heterocycles. The second-order valence-corrected chi connectivity index (χ2v) is 7.81. The van der Waals surface area contributed by atoms with Crippen LogP contribution in [0.1, 0.15) is 53.2 Å². The normalized spacial score (nSPS) is 17.0. The molecule has 1 aromatic carbocycles. The van der Waals surface area contributed by atoms with Crippen molar-refractivity contribution < 1.29 is 9.26 Å². The molecule has 1 saturated heterocycles. The van der Waals surface area contributed by atoms with Crippen LogP contribution in [0.4, 0.5) is 0 Å². The molecule has 6 nitrogen and oxygen atoms in total. The number of aromatic nitrogens is 1. The number of rotatable bonds is 6. The fraction of sp³-hybridized carbons (Fsp3) is 0.565. The van der Waals surface area contributed by atoms with E-state index in [0.717, 1.165) is 56.4 Å². The lowest BCUT2D eigenvalue weighted by molar-refractivity contribution is -0.00833. The molecule has 30 heavy (non-hydrogen) atoms. The van der Waals surface area contributed by atoms with Crippen molar-refractivity contribution in [3.8, 4) is 0 Å². The van der Waals surface area contributed by atoms with Crippen molar-refractivity contribution in [1.29, 1.82) is 0 Å². The molecular formula is C23H35IN4O2. The standard InChI is InChI=1S/C23H34N4O2.HI/c1-6-24-23(25-11-7-8-21-18(4)26-29-19(21)5)27-12-13-28-22(15-27)20-10-9-16(2)14-17(20)3;/h9-10,14,22H,6-8,11-13,15H2,1-5H3,(H,24,25);1H. The highest BCUT2D eigenvalue weighted by atomic mass is 127. The average molecular weight is 526 g/mol. The third-order valence-corrected chi connectivity index (χ3v) is 5.50. The van der Waals surface area contributed by atoms with E-state index < -0.39 is 0 Å². The molecule has 0 radical (unpaired) electrons. The highest BCUT2D eigenvalue weighted by Gasteiger charge is 2.25. The molecule has 7 heteroatoms. The topological polar surface area (TPSA) is 62.9 Å². The fourth-order valence-electron chi connectivity index (χ4n) is 3.94. The van der Waals surface area contributed by atoms with Crippen molar-refractivity contribution >= 4 is 29.9 Å². The molecule has 0 saturated carbocycles. The van der Waals surface area contributed by atoms with E-state index in [2.05, 4.69) is 54.3 Å². The van der Waals surface area contributed by atoms with Gasteiger partial charge in [-0.05, 0) is 58.6 Å². The first-order valence-corrected chi connectivity index (χ1v) is 10.6. The van der Waals surface area contributed by atoms with Gasteiger partial charge in [0.25, 0.3) is 0 Å². The van der Waals surface area contributed by atoms with Crippen LogP contribution < -0.4 is 5.32 Å². The van der Waals surface area contributed by atoms with Gasteiger partial charge in [0.15, 0.2) is 5.96 Å². The summed E-state index contributed by atoms with van der Waals surface area (Å²) < 4.78 is 11.4. The van der Waals surface area contributed by atoms with Gasteiger partial charge in [0.1, 0.15) is 11.9 Å². The van der Waals surface area contributed by atoms with Crippen LogP contribution in [0.15, 0.2) is 27.7 Å². The highest BCUT2D eigenvalue weighted by molar-refractivity contribution is 14.0. The molecule has 0 aliphatic carbocycles. The molecule has 0 bridgehead atoms. The molecule has 1 unspecified atom stereocenters. The van der Waals surface area contributed by atoms with Crippen LogP contribution in [0.3, 0.4) is 0 Å². The van der Waals surface area contributed by atoms with Crippen molar-refractivity contribution in [2.75, 3.05) is 32.8 Å². The molecule has 2 heterocycles. The lowest BCUT2D eigenvalue weighted by Crippen LogP contribution is -2.48. The summed E-state index contributed by atoms with van der Waals surface area (Å²) in [6, 6.07) is 6.59. The zero-order chi connectivity index (χ0) is 20.8. The zero-order valence-electron chi connectivity index (χ0n) is 18.8. The highest BCUT2D eigenvalue weighted by Crippen LogP contribution is 2.26. The van der Waals surface area contributed by atoms with Gasteiger partial charge in [0.05, 0.1) is 18.8 Å². The number of halogens is 1. The first kappa shape index (κ1) is 24.7. The number of hydrogen-bond donors (Lipinski definition) is 1. The zero-order valence-corrected chi connectivity index (χ0v) is 21.2. The number of morpholine rings is 1. The number of benzene rings is 1. The molecule has 1 aromatic heterocycles. The van der Waals surface area contributed by atoms with Crippen LogP contribution in [0, 0.1) is 27.7 Å². The first-order chi connectivity index (χ1) is 14.0. The second kappa shape index (κ2) is 11.7. The molecule has 1 aliphatic rings. The largest absolute Gasteiger partial charge is 0.370 e. The summed E-state index contributed by atoms with van der Waals surface area (Å²) >= 11 is 0. The predicted molar refractivity (Wildman–Crippen MR) is 132 cm³/mol. The Morgan fingerprint density at radius 3 is 2.73 bits per heavy atom. The Morgan fingerprint density at radius 2 is 2.07 bits per heavy atom. The van der Waals surface area contributed by atoms with E-state index in [0.29, 0.717) is 6.61 Å². The molecular weight excluding hydrogens is 491 g/mol. The Morgan fingerprint density at radius 1 is 1.27 bits per heavy atom. The van der Waals surface area contributed by atoms with Crippen LogP contribution in [0.5, 0.6) is 0 Å². The van der Waals surface area contributed by atoms with Crippen molar-refractivity contribution in [3.05, 3.63) is 51.9 Å². The Labute approximate surface area is 197 Å². The summed E-state index contributed by atoms with van der Waals surface area (Å²) in [5.41, 5.74) is 6.05. The van der Waals surface area contributed by atoms with E-state index in [9.17, 15) is 0 Å². The Kier molecular flexibility index (Phi) is 9.61. The molecule has 1 atom stereocenters. The van der Waals surface area contributed by atoms with E-state index in [1.807, 2.05) is 13.8 Å². The number of nitrogens with zero attached hydrogens (tertiary/aromatic N) is 3. The Balaban J connectivity index is 0.00000320. The quantitative estimate of drug-likeness (QED) is 0.260. The minimum absolute atomic E-state index is 0. The van der Waals surface area contributed by atoms with E-state index in [1.165, 1.54) is 22.3 Å². The predicted octanol–water partition coefficient (Wildman–Crippen LogP) is 4.50. The molecule has 166 valence electrons. The van der Waals surface area contributed by atoms with Gasteiger partial charge < -0.3 is 19.5 Å². The maximum absolute atomic E-state index is 6.10. The summed E-state index contributed by atoms with van der Waals surface area (Å²) in [6.45, 7) is 14.4. The van der Waals surface area contributed by atoms with Gasteiger partial charge in [-0.1, -0.05) is 28.9 Å². The number of hydrogen-bond acceptors (Lipinski definition) is 4. The lowest BCUT2D eigenvalue weighted by atomic mass is 10.00. The molecule has 0 spiro atoms. The number of aryl methyl sites for hydroxylation is 4. The van der Waals surface area contributed by atoms with Crippen LogP contribution >= 0.6 is 24.0 Å². The van der Waals surface area contributed by atoms with Crippen molar-refractivity contribution in [2.24, 2.45) is 4.99 Å². The lowest BCUT2D eigenvalue weighted by Gasteiger charge is -2.36. The maximum atomic E-state index is 6.10. The van der Waals surface area contributed by atoms with Crippen LogP contribution in [-0.4, -0.2) is 48.8 Å². The number of nitrogens with one attached hydrogen (secondary N) is 1. The number of ether oxygens (including phenoxy) is 1. The van der Waals surface area contributed by atoms with Gasteiger partial charge >= 0.3 is 0 Å². The van der Waals surface area contributed by atoms with Crippen LogP contribution in [0.2, 0.25) is 0 Å². The minimum Gasteiger partial charge on any atom is -0.370 e. The summed E-state index contributed by atoms with van der Waals surface area (Å²) in [7, 11) is 0. The van der Waals surface area contributed by atoms with E-state index >= 15 is 0 Å². The van der Waals surface area contributed by atoms with Gasteiger partial charge in [-0.2, -0.15) is 0 Å². The second-order valence-electron chi connectivity index (χ2n) is 7.81. The van der Waals surface area contributed by atoms with Crippen molar-refractivity contribution in [1.82, 2.24) is 15.4 Å². The van der Waals surface area contributed by atoms with Crippen LogP contribution in [-0.2, 0) is 11.2 Å². The maximum Gasteiger partial charge on any atom is 0.194 e. The summed E-state index contributed by atoms with van der Waals surface area (Å²) in [5.74, 6) is 1.90. The molecule has 0 amide bonds. The average Bonchev–Trinajstić information content (AvgIpc) is 3.02. The summed E-state index contributed by atoms with van der Waals surface area (Å²) in [4.78, 5) is 7.21. The van der Waals surface area contributed by atoms with Gasteiger partial charge in [-0.25, -0.2) is 0 Å². The summed E-state index contributed by atoms with van der Waals surface area (Å²) in [5, 5.41) is 7.49. The smallest absolute Gasteiger partial charge is 0.194 e. The SMILES string of the molecule is CCNC(=NCCCc1c(C)noc1C)N1CCOC(c2ccc(C)cc2C)C1.I. The monoisotopic (exact) mass is 526 g/mol. The molecule has 3 rings (SSSR count). The van der Waals surface area contributed by atoms with Crippen molar-refractivity contribution in [2.45, 2.75) is 53.6 Å². The van der Waals surface area contributed by atoms with E-state index in [1.54, 1.807) is 0 Å². The van der Waals surface area contributed by atoms with Gasteiger partial charge in [0.2, 0.25) is 0 Å². The van der Waals surface area contributed by atoms with Gasteiger partial charge in [-0.3, -0.25) is 4.99 Å². The first-order valence-electron chi connectivity index (χ1n) is 10.6. The Hall–Kier alpha value is -1.61. The van der Waals surface area contributed by atoms with E-state index in [4.69, 9.17) is 14.3 Å². The number of guanidine groups is 1. The third kappa shape index (κ3) is 6.20. The van der Waals surface area contributed by atoms with E-state index in [-0.39, 0.29) is 30.1 Å². The van der Waals surface area contributed by atoms with Gasteiger partial charge in [0, 0.05) is 25.2 Å². The fourth-order valence-corrected chi connectivity index (χ4v) is 3.94. The van der Waals surface area contributed by atoms with Crippen molar-refractivity contribution in [3.63, 3.8) is 0 Å².